The molecule has 0 aliphatic carbocycles. The molecule has 0 aliphatic heterocycles. The molecule has 10 heteroatoms. The molecule has 0 radical (unpaired) electrons. The van der Waals surface area contributed by atoms with Crippen molar-refractivity contribution in [1.29, 1.82) is 0 Å². The third-order valence-corrected chi connectivity index (χ3v) is 6.05. The van der Waals surface area contributed by atoms with Crippen LogP contribution in [0.2, 0.25) is 0 Å². The topological polar surface area (TPSA) is 130 Å². The molecule has 0 aliphatic rings. The Balaban J connectivity index is 1.42. The largest absolute Gasteiger partial charge is 0.382 e. The molecule has 0 bridgehead atoms. The second-order valence-electron chi connectivity index (χ2n) is 6.43. The molecule has 4 rings (SSSR count). The summed E-state index contributed by atoms with van der Waals surface area (Å²) in [4.78, 5) is 44.0. The van der Waals surface area contributed by atoms with Crippen LogP contribution in [0.1, 0.15) is 9.67 Å². The maximum absolute atomic E-state index is 12.4. The normalized spacial score (nSPS) is 10.7. The first-order chi connectivity index (χ1) is 15.0. The highest BCUT2D eigenvalue weighted by atomic mass is 32.2. The number of carbonyl (C=O) groups excluding carboxylic acids is 2. The summed E-state index contributed by atoms with van der Waals surface area (Å²) >= 11 is 2.28. The Kier molecular flexibility index (Phi) is 6.01. The van der Waals surface area contributed by atoms with Gasteiger partial charge in [0.15, 0.2) is 16.7 Å². The number of thiophene rings is 1. The Morgan fingerprint density at radius 3 is 2.65 bits per heavy atom. The van der Waals surface area contributed by atoms with Crippen LogP contribution < -0.4 is 21.9 Å². The van der Waals surface area contributed by atoms with Gasteiger partial charge in [-0.2, -0.15) is 0 Å². The Morgan fingerprint density at radius 1 is 1.06 bits per heavy atom. The van der Waals surface area contributed by atoms with Crippen LogP contribution in [0.15, 0.2) is 69.9 Å². The van der Waals surface area contributed by atoms with Gasteiger partial charge in [-0.25, -0.2) is 4.98 Å². The van der Waals surface area contributed by atoms with Gasteiger partial charge in [-0.05, 0) is 22.9 Å². The van der Waals surface area contributed by atoms with Gasteiger partial charge >= 0.3 is 0 Å². The lowest BCUT2D eigenvalue weighted by molar-refractivity contribution is -0.113. The number of nitrogens with one attached hydrogen (secondary N) is 3. The molecule has 2 aromatic carbocycles. The third kappa shape index (κ3) is 4.76. The summed E-state index contributed by atoms with van der Waals surface area (Å²) in [6, 6.07) is 16.8. The molecule has 5 N–H and O–H groups in total. The summed E-state index contributed by atoms with van der Waals surface area (Å²) < 4.78 is 0. The second kappa shape index (κ2) is 9.02. The molecule has 0 unspecified atom stereocenters. The number of aromatic amines is 1. The van der Waals surface area contributed by atoms with Gasteiger partial charge in [0, 0.05) is 11.1 Å². The van der Waals surface area contributed by atoms with E-state index in [4.69, 9.17) is 5.73 Å². The van der Waals surface area contributed by atoms with Crippen molar-refractivity contribution in [2.45, 2.75) is 5.16 Å². The molecule has 0 spiro atoms. The van der Waals surface area contributed by atoms with Crippen molar-refractivity contribution in [3.05, 3.63) is 75.2 Å². The summed E-state index contributed by atoms with van der Waals surface area (Å²) in [6.07, 6.45) is 0. The fourth-order valence-electron chi connectivity index (χ4n) is 2.90. The molecular formula is C21H17N5O3S2. The van der Waals surface area contributed by atoms with Gasteiger partial charge in [0.05, 0.1) is 10.6 Å². The number of amides is 2. The number of carbonyl (C=O) groups is 2. The molecule has 2 amide bonds. The highest BCUT2D eigenvalue weighted by molar-refractivity contribution is 7.99. The van der Waals surface area contributed by atoms with Gasteiger partial charge in [-0.1, -0.05) is 54.2 Å². The van der Waals surface area contributed by atoms with Crippen molar-refractivity contribution in [3.8, 4) is 0 Å². The van der Waals surface area contributed by atoms with Crippen LogP contribution in [0.4, 0.5) is 17.2 Å². The highest BCUT2D eigenvalue weighted by Gasteiger charge is 2.15. The summed E-state index contributed by atoms with van der Waals surface area (Å²) in [6.45, 7) is 0. The van der Waals surface area contributed by atoms with Gasteiger partial charge < -0.3 is 16.4 Å². The molecule has 156 valence electrons. The van der Waals surface area contributed by atoms with Crippen LogP contribution in [0.3, 0.4) is 0 Å². The first-order valence-corrected chi connectivity index (χ1v) is 11.0. The molecule has 0 fully saturated rings. The lowest BCUT2D eigenvalue weighted by Gasteiger charge is -2.09. The van der Waals surface area contributed by atoms with Crippen molar-refractivity contribution in [2.75, 3.05) is 22.1 Å². The van der Waals surface area contributed by atoms with Crippen LogP contribution in [0.25, 0.3) is 10.8 Å². The fourth-order valence-corrected chi connectivity index (χ4v) is 4.18. The Hall–Kier alpha value is -3.63. The molecule has 2 heterocycles. The zero-order valence-electron chi connectivity index (χ0n) is 16.0. The smallest absolute Gasteiger partial charge is 0.277 e. The number of fused-ring (bicyclic) bond motifs is 1. The average molecular weight is 452 g/mol. The summed E-state index contributed by atoms with van der Waals surface area (Å²) in [5, 5.41) is 9.24. The third-order valence-electron chi connectivity index (χ3n) is 4.31. The van der Waals surface area contributed by atoms with Gasteiger partial charge in [0.25, 0.3) is 11.5 Å². The van der Waals surface area contributed by atoms with Crippen LogP contribution >= 0.6 is 23.1 Å². The van der Waals surface area contributed by atoms with E-state index >= 15 is 0 Å². The van der Waals surface area contributed by atoms with E-state index in [1.165, 1.54) is 11.3 Å². The van der Waals surface area contributed by atoms with Crippen molar-refractivity contribution < 1.29 is 9.59 Å². The standard InChI is InChI=1S/C21H17N5O3S2/c22-18-17(24-19(28)15-9-4-10-30-15)20(29)26-21(25-18)31-11-16(27)23-14-8-3-6-12-5-1-2-7-13(12)14/h1-10H,11H2,(H,23,27)(H,24,28)(H3,22,25,26,29). The molecule has 8 nitrogen and oxygen atoms in total. The van der Waals surface area contributed by atoms with E-state index in [1.807, 2.05) is 42.5 Å². The molecule has 0 saturated heterocycles. The zero-order valence-corrected chi connectivity index (χ0v) is 17.7. The number of thioether (sulfide) groups is 1. The number of aromatic nitrogens is 2. The van der Waals surface area contributed by atoms with E-state index in [0.29, 0.717) is 10.6 Å². The lowest BCUT2D eigenvalue weighted by Crippen LogP contribution is -2.23. The number of nitrogens with zero attached hydrogens (tertiary/aromatic N) is 1. The number of H-pyrrole nitrogens is 1. The van der Waals surface area contributed by atoms with Crippen LogP contribution in [0.5, 0.6) is 0 Å². The number of benzene rings is 2. The molecule has 4 aromatic rings. The minimum Gasteiger partial charge on any atom is -0.382 e. The Bertz CT molecular complexity index is 1310. The van der Waals surface area contributed by atoms with Crippen LogP contribution in [-0.2, 0) is 4.79 Å². The predicted octanol–water partition coefficient (Wildman–Crippen LogP) is 3.55. The van der Waals surface area contributed by atoms with Crippen molar-refractivity contribution in [1.82, 2.24) is 9.97 Å². The van der Waals surface area contributed by atoms with E-state index in [1.54, 1.807) is 17.5 Å². The van der Waals surface area contributed by atoms with Gasteiger partial charge in [0.2, 0.25) is 5.91 Å². The van der Waals surface area contributed by atoms with Crippen molar-refractivity contribution in [2.24, 2.45) is 0 Å². The number of nitrogens with two attached hydrogens (primary N) is 1. The number of anilines is 3. The Labute approximate surface area is 184 Å². The monoisotopic (exact) mass is 451 g/mol. The minimum absolute atomic E-state index is 0.0203. The Morgan fingerprint density at radius 2 is 1.87 bits per heavy atom. The molecule has 0 saturated carbocycles. The maximum atomic E-state index is 12.4. The number of rotatable bonds is 6. The van der Waals surface area contributed by atoms with E-state index < -0.39 is 11.5 Å². The van der Waals surface area contributed by atoms with Crippen molar-refractivity contribution >= 4 is 62.9 Å². The number of nitrogen functional groups attached to an aromatic ring is 1. The van der Waals surface area contributed by atoms with Crippen molar-refractivity contribution in [3.63, 3.8) is 0 Å². The number of hydrogen-bond acceptors (Lipinski definition) is 7. The van der Waals surface area contributed by atoms with Gasteiger partial charge in [0.1, 0.15) is 0 Å². The number of hydrogen-bond donors (Lipinski definition) is 4. The average Bonchev–Trinajstić information content (AvgIpc) is 3.30. The molecule has 0 atom stereocenters. The lowest BCUT2D eigenvalue weighted by atomic mass is 10.1. The minimum atomic E-state index is -0.589. The summed E-state index contributed by atoms with van der Waals surface area (Å²) in [5.74, 6) is -0.792. The highest BCUT2D eigenvalue weighted by Crippen LogP contribution is 2.24. The van der Waals surface area contributed by atoms with E-state index in [2.05, 4.69) is 20.6 Å². The van der Waals surface area contributed by atoms with Gasteiger partial charge in [-0.3, -0.25) is 19.4 Å². The SMILES string of the molecule is Nc1nc(SCC(=O)Nc2cccc3ccccc23)[nH]c(=O)c1NC(=O)c1cccs1. The molecule has 2 aromatic heterocycles. The summed E-state index contributed by atoms with van der Waals surface area (Å²) in [7, 11) is 0. The molecule has 31 heavy (non-hydrogen) atoms. The first-order valence-electron chi connectivity index (χ1n) is 9.16. The van der Waals surface area contributed by atoms with E-state index in [-0.39, 0.29) is 28.3 Å². The van der Waals surface area contributed by atoms with Crippen LogP contribution in [0, 0.1) is 0 Å². The predicted molar refractivity (Wildman–Crippen MR) is 125 cm³/mol. The molecular weight excluding hydrogens is 434 g/mol. The summed E-state index contributed by atoms with van der Waals surface area (Å²) in [5.41, 5.74) is 5.85. The fraction of sp³-hybridized carbons (Fsp3) is 0.0476. The van der Waals surface area contributed by atoms with E-state index in [9.17, 15) is 14.4 Å². The van der Waals surface area contributed by atoms with E-state index in [0.717, 1.165) is 22.5 Å². The quantitative estimate of drug-likeness (QED) is 0.262. The van der Waals surface area contributed by atoms with Crippen LogP contribution in [-0.4, -0.2) is 27.5 Å². The zero-order chi connectivity index (χ0) is 21.8. The first kappa shape index (κ1) is 20.6. The second-order valence-corrected chi connectivity index (χ2v) is 8.34. The van der Waals surface area contributed by atoms with Gasteiger partial charge in [-0.15, -0.1) is 11.3 Å². The maximum Gasteiger partial charge on any atom is 0.277 e.